The zero-order valence-electron chi connectivity index (χ0n) is 15.3. The van der Waals surface area contributed by atoms with Crippen LogP contribution in [0.5, 0.6) is 0 Å². The normalized spacial score (nSPS) is 10.5. The van der Waals surface area contributed by atoms with E-state index in [-0.39, 0.29) is 24.0 Å². The maximum atomic E-state index is 12.4. The van der Waals surface area contributed by atoms with Crippen LogP contribution >= 0.6 is 11.6 Å². The molecule has 0 aliphatic carbocycles. The highest BCUT2D eigenvalue weighted by Gasteiger charge is 2.20. The zero-order valence-corrected chi connectivity index (χ0v) is 16.1. The summed E-state index contributed by atoms with van der Waals surface area (Å²) in [5.74, 6) is 0.201. The predicted molar refractivity (Wildman–Crippen MR) is 105 cm³/mol. The van der Waals surface area contributed by atoms with Crippen molar-refractivity contribution in [2.45, 2.75) is 26.7 Å². The molecule has 1 amide bonds. The molecule has 0 saturated heterocycles. The van der Waals surface area contributed by atoms with Crippen molar-refractivity contribution in [3.05, 3.63) is 45.6 Å². The number of rotatable bonds is 9. The Morgan fingerprint density at radius 3 is 2.41 bits per heavy atom. The molecule has 0 radical (unpaired) electrons. The van der Waals surface area contributed by atoms with Crippen molar-refractivity contribution in [1.82, 2.24) is 14.9 Å². The van der Waals surface area contributed by atoms with Crippen molar-refractivity contribution >= 4 is 29.0 Å². The molecule has 0 bridgehead atoms. The fourth-order valence-corrected chi connectivity index (χ4v) is 2.68. The summed E-state index contributed by atoms with van der Waals surface area (Å²) >= 11 is 5.88. The molecule has 0 spiro atoms. The molecule has 2 rings (SSSR count). The van der Waals surface area contributed by atoms with Gasteiger partial charge in [0.15, 0.2) is 5.82 Å². The summed E-state index contributed by atoms with van der Waals surface area (Å²) in [4.78, 5) is 33.1. The number of aromatic nitrogens is 2. The first-order chi connectivity index (χ1) is 13.0. The minimum atomic E-state index is -0.575. The van der Waals surface area contributed by atoms with Gasteiger partial charge in [-0.25, -0.2) is 9.97 Å². The van der Waals surface area contributed by atoms with Crippen molar-refractivity contribution in [1.29, 1.82) is 0 Å². The van der Waals surface area contributed by atoms with Crippen LogP contribution in [-0.2, 0) is 4.79 Å². The molecule has 0 atom stereocenters. The highest BCUT2D eigenvalue weighted by molar-refractivity contribution is 6.30. The van der Waals surface area contributed by atoms with Crippen LogP contribution in [0, 0.1) is 10.1 Å². The van der Waals surface area contributed by atoms with E-state index in [4.69, 9.17) is 11.6 Å². The molecule has 0 aliphatic rings. The molecule has 1 aromatic carbocycles. The first-order valence-electron chi connectivity index (χ1n) is 8.75. The first-order valence-corrected chi connectivity index (χ1v) is 9.13. The Bertz CT molecular complexity index is 792. The summed E-state index contributed by atoms with van der Waals surface area (Å²) in [5, 5.41) is 14.6. The van der Waals surface area contributed by atoms with Gasteiger partial charge in [0.1, 0.15) is 6.20 Å². The zero-order chi connectivity index (χ0) is 19.8. The van der Waals surface area contributed by atoms with Crippen LogP contribution in [0.4, 0.5) is 11.5 Å². The Hall–Kier alpha value is -2.74. The van der Waals surface area contributed by atoms with Crippen LogP contribution in [0.3, 0.4) is 0 Å². The SMILES string of the molecule is CCCN(CCC)C(=O)CNc1nc(-c2ccc(Cl)cc2)ncc1[N+](=O)[O-]. The molecule has 0 aliphatic heterocycles. The predicted octanol–water partition coefficient (Wildman–Crippen LogP) is 3.77. The number of nitrogens with one attached hydrogen (secondary N) is 1. The number of nitrogens with zero attached hydrogens (tertiary/aromatic N) is 4. The van der Waals surface area contributed by atoms with Crippen LogP contribution in [0.15, 0.2) is 30.5 Å². The summed E-state index contributed by atoms with van der Waals surface area (Å²) in [6, 6.07) is 6.82. The average molecular weight is 392 g/mol. The third-order valence-electron chi connectivity index (χ3n) is 3.82. The second-order valence-electron chi connectivity index (χ2n) is 5.93. The van der Waals surface area contributed by atoms with E-state index >= 15 is 0 Å². The molecule has 144 valence electrons. The van der Waals surface area contributed by atoms with Crippen LogP contribution in [0.2, 0.25) is 5.02 Å². The standard InChI is InChI=1S/C18H22ClN5O3/c1-3-9-23(10-4-2)16(25)12-21-18-15(24(26)27)11-20-17(22-18)13-5-7-14(19)8-6-13/h5-8,11H,3-4,9-10,12H2,1-2H3,(H,20,21,22). The number of hydrogen-bond donors (Lipinski definition) is 1. The molecular weight excluding hydrogens is 370 g/mol. The molecule has 2 aromatic rings. The van der Waals surface area contributed by atoms with E-state index in [0.717, 1.165) is 19.0 Å². The molecular formula is C18H22ClN5O3. The number of carbonyl (C=O) groups excluding carboxylic acids is 1. The summed E-state index contributed by atoms with van der Waals surface area (Å²) in [5.41, 5.74) is 0.389. The van der Waals surface area contributed by atoms with Gasteiger partial charge in [0.05, 0.1) is 11.5 Å². The van der Waals surface area contributed by atoms with Crippen molar-refractivity contribution in [2.24, 2.45) is 0 Å². The van der Waals surface area contributed by atoms with E-state index in [1.54, 1.807) is 29.2 Å². The lowest BCUT2D eigenvalue weighted by molar-refractivity contribution is -0.384. The first kappa shape index (κ1) is 20.6. The second-order valence-corrected chi connectivity index (χ2v) is 6.36. The molecule has 8 nitrogen and oxygen atoms in total. The Kier molecular flexibility index (Phi) is 7.48. The molecule has 1 aromatic heterocycles. The number of halogens is 1. The third-order valence-corrected chi connectivity index (χ3v) is 4.07. The maximum absolute atomic E-state index is 12.4. The molecule has 0 saturated carbocycles. The van der Waals surface area contributed by atoms with Gasteiger partial charge in [-0.15, -0.1) is 0 Å². The Labute approximate surface area is 162 Å². The van der Waals surface area contributed by atoms with Crippen molar-refractivity contribution < 1.29 is 9.72 Å². The van der Waals surface area contributed by atoms with Gasteiger partial charge in [-0.3, -0.25) is 14.9 Å². The van der Waals surface area contributed by atoms with Crippen molar-refractivity contribution in [2.75, 3.05) is 25.0 Å². The van der Waals surface area contributed by atoms with Gasteiger partial charge in [0.25, 0.3) is 0 Å². The van der Waals surface area contributed by atoms with Gasteiger partial charge in [-0.2, -0.15) is 0 Å². The lowest BCUT2D eigenvalue weighted by atomic mass is 10.2. The monoisotopic (exact) mass is 391 g/mol. The van der Waals surface area contributed by atoms with Gasteiger partial charge in [-0.05, 0) is 37.1 Å². The molecule has 1 heterocycles. The summed E-state index contributed by atoms with van der Waals surface area (Å²) in [6.45, 7) is 5.22. The lowest BCUT2D eigenvalue weighted by Gasteiger charge is -2.21. The average Bonchev–Trinajstić information content (AvgIpc) is 2.66. The van der Waals surface area contributed by atoms with E-state index in [1.165, 1.54) is 0 Å². The molecule has 0 unspecified atom stereocenters. The Morgan fingerprint density at radius 1 is 1.22 bits per heavy atom. The maximum Gasteiger partial charge on any atom is 0.329 e. The molecule has 9 heteroatoms. The van der Waals surface area contributed by atoms with Gasteiger partial charge in [0, 0.05) is 23.7 Å². The smallest absolute Gasteiger partial charge is 0.329 e. The van der Waals surface area contributed by atoms with Gasteiger partial charge in [-0.1, -0.05) is 25.4 Å². The highest BCUT2D eigenvalue weighted by Crippen LogP contribution is 2.25. The van der Waals surface area contributed by atoms with Crippen LogP contribution in [0.25, 0.3) is 11.4 Å². The molecule has 1 N–H and O–H groups in total. The number of carbonyl (C=O) groups is 1. The van der Waals surface area contributed by atoms with E-state index in [1.807, 2.05) is 13.8 Å². The fourth-order valence-electron chi connectivity index (χ4n) is 2.55. The number of hydrogen-bond acceptors (Lipinski definition) is 6. The largest absolute Gasteiger partial charge is 0.355 e. The number of benzene rings is 1. The van der Waals surface area contributed by atoms with E-state index in [2.05, 4.69) is 15.3 Å². The van der Waals surface area contributed by atoms with E-state index in [0.29, 0.717) is 29.5 Å². The Morgan fingerprint density at radius 2 is 1.85 bits per heavy atom. The van der Waals surface area contributed by atoms with Crippen LogP contribution < -0.4 is 5.32 Å². The summed E-state index contributed by atoms with van der Waals surface area (Å²) in [6.07, 6.45) is 2.83. The summed E-state index contributed by atoms with van der Waals surface area (Å²) < 4.78 is 0. The van der Waals surface area contributed by atoms with E-state index < -0.39 is 4.92 Å². The van der Waals surface area contributed by atoms with Crippen LogP contribution in [0.1, 0.15) is 26.7 Å². The topological polar surface area (TPSA) is 101 Å². The minimum Gasteiger partial charge on any atom is -0.355 e. The minimum absolute atomic E-state index is 0.0150. The number of nitro groups is 1. The lowest BCUT2D eigenvalue weighted by Crippen LogP contribution is -2.36. The van der Waals surface area contributed by atoms with Gasteiger partial charge < -0.3 is 10.2 Å². The molecule has 0 fully saturated rings. The van der Waals surface area contributed by atoms with Gasteiger partial charge >= 0.3 is 5.69 Å². The highest BCUT2D eigenvalue weighted by atomic mass is 35.5. The number of amides is 1. The van der Waals surface area contributed by atoms with E-state index in [9.17, 15) is 14.9 Å². The quantitative estimate of drug-likeness (QED) is 0.515. The van der Waals surface area contributed by atoms with Gasteiger partial charge in [0.2, 0.25) is 11.7 Å². The van der Waals surface area contributed by atoms with Crippen molar-refractivity contribution in [3.8, 4) is 11.4 Å². The Balaban J connectivity index is 2.22. The van der Waals surface area contributed by atoms with Crippen molar-refractivity contribution in [3.63, 3.8) is 0 Å². The molecule has 27 heavy (non-hydrogen) atoms. The van der Waals surface area contributed by atoms with Crippen LogP contribution in [-0.4, -0.2) is 45.3 Å². The fraction of sp³-hybridized carbons (Fsp3) is 0.389. The number of anilines is 1. The summed E-state index contributed by atoms with van der Waals surface area (Å²) in [7, 11) is 0. The second kappa shape index (κ2) is 9.82. The third kappa shape index (κ3) is 5.62.